The monoisotopic (exact) mass is 433 g/mol. The number of halogens is 3. The van der Waals surface area contributed by atoms with Gasteiger partial charge in [-0.1, -0.05) is 0 Å². The maximum Gasteiger partial charge on any atom is 0.406 e. The Morgan fingerprint density at radius 3 is 2.61 bits per heavy atom. The van der Waals surface area contributed by atoms with Crippen molar-refractivity contribution >= 4 is 11.7 Å². The average molecular weight is 433 g/mol. The second-order valence-electron chi connectivity index (χ2n) is 6.94. The minimum atomic E-state index is -4.38. The lowest BCUT2D eigenvalue weighted by molar-refractivity contribution is -0.140. The first kappa shape index (κ1) is 20.6. The Hall–Kier alpha value is -3.63. The number of anilines is 1. The summed E-state index contributed by atoms with van der Waals surface area (Å²) in [7, 11) is 2.98. The highest BCUT2D eigenvalue weighted by molar-refractivity contribution is 6.10. The molecule has 31 heavy (non-hydrogen) atoms. The number of carbonyl (C=O) groups excluding carboxylic acids is 1. The largest absolute Gasteiger partial charge is 0.491 e. The number of methoxy groups -OCH3 is 2. The van der Waals surface area contributed by atoms with E-state index in [0.717, 1.165) is 10.9 Å². The van der Waals surface area contributed by atoms with E-state index in [4.69, 9.17) is 9.47 Å². The maximum absolute atomic E-state index is 12.9. The van der Waals surface area contributed by atoms with Crippen molar-refractivity contribution in [1.29, 1.82) is 0 Å². The molecule has 4 heterocycles. The third kappa shape index (κ3) is 3.78. The molecule has 0 saturated heterocycles. The number of carbonyl (C=O) groups is 1. The topological polar surface area (TPSA) is 82.4 Å². The summed E-state index contributed by atoms with van der Waals surface area (Å²) in [6.45, 7) is 0.564. The molecule has 3 aromatic rings. The summed E-state index contributed by atoms with van der Waals surface area (Å²) in [6.07, 6.45) is -0.549. The van der Waals surface area contributed by atoms with Crippen LogP contribution in [0.2, 0.25) is 0 Å². The highest BCUT2D eigenvalue weighted by atomic mass is 19.4. The number of pyridine rings is 2. The van der Waals surface area contributed by atoms with Gasteiger partial charge in [0.05, 0.1) is 43.5 Å². The summed E-state index contributed by atoms with van der Waals surface area (Å²) in [5.74, 6) is 0.526. The van der Waals surface area contributed by atoms with Gasteiger partial charge < -0.3 is 14.0 Å². The van der Waals surface area contributed by atoms with Crippen molar-refractivity contribution < 1.29 is 27.4 Å². The van der Waals surface area contributed by atoms with Crippen LogP contribution in [-0.2, 0) is 6.54 Å². The normalized spacial score (nSPS) is 15.9. The van der Waals surface area contributed by atoms with Crippen molar-refractivity contribution in [3.63, 3.8) is 0 Å². The van der Waals surface area contributed by atoms with E-state index < -0.39 is 18.8 Å². The van der Waals surface area contributed by atoms with E-state index in [1.807, 2.05) is 0 Å². The molecule has 0 aliphatic carbocycles. The number of rotatable bonds is 5. The number of nitrogens with zero attached hydrogens (tertiary/aromatic N) is 5. The molecule has 0 aromatic carbocycles. The third-order valence-electron chi connectivity index (χ3n) is 4.91. The van der Waals surface area contributed by atoms with Crippen LogP contribution in [0.25, 0.3) is 11.3 Å². The number of hydrogen-bond acceptors (Lipinski definition) is 6. The fourth-order valence-corrected chi connectivity index (χ4v) is 3.50. The lowest BCUT2D eigenvalue weighted by Crippen LogP contribution is -2.26. The molecule has 0 radical (unpaired) electrons. The molecule has 3 aromatic heterocycles. The Bertz CT molecular complexity index is 1150. The molecule has 1 aliphatic heterocycles. The molecule has 0 bridgehead atoms. The van der Waals surface area contributed by atoms with Crippen LogP contribution < -0.4 is 14.4 Å². The Balaban J connectivity index is 1.66. The van der Waals surface area contributed by atoms with Crippen LogP contribution in [0.3, 0.4) is 0 Å². The van der Waals surface area contributed by atoms with Crippen LogP contribution in [0.5, 0.6) is 11.6 Å². The quantitative estimate of drug-likeness (QED) is 0.611. The van der Waals surface area contributed by atoms with Crippen molar-refractivity contribution in [3.8, 4) is 22.9 Å². The van der Waals surface area contributed by atoms with Crippen LogP contribution in [0, 0.1) is 0 Å². The fraction of sp³-hybridized carbons (Fsp3) is 0.300. The molecule has 0 saturated carbocycles. The number of amides is 1. The van der Waals surface area contributed by atoms with Crippen molar-refractivity contribution in [1.82, 2.24) is 19.5 Å². The van der Waals surface area contributed by atoms with Gasteiger partial charge >= 0.3 is 6.18 Å². The lowest BCUT2D eigenvalue weighted by Gasteiger charge is -2.18. The number of alkyl halides is 3. The molecule has 1 aliphatic rings. The first-order valence-corrected chi connectivity index (χ1v) is 9.23. The predicted molar refractivity (Wildman–Crippen MR) is 104 cm³/mol. The van der Waals surface area contributed by atoms with E-state index in [1.54, 1.807) is 31.3 Å². The van der Waals surface area contributed by atoms with E-state index in [0.29, 0.717) is 34.1 Å². The number of aromatic nitrogens is 4. The van der Waals surface area contributed by atoms with Gasteiger partial charge in [-0.2, -0.15) is 13.2 Å². The van der Waals surface area contributed by atoms with Gasteiger partial charge in [0.15, 0.2) is 11.6 Å². The van der Waals surface area contributed by atoms with Gasteiger partial charge in [0.25, 0.3) is 11.8 Å². The van der Waals surface area contributed by atoms with E-state index in [-0.39, 0.29) is 11.7 Å². The van der Waals surface area contributed by atoms with E-state index in [2.05, 4.69) is 15.0 Å². The molecule has 8 nitrogen and oxygen atoms in total. The molecule has 0 fully saturated rings. The smallest absolute Gasteiger partial charge is 0.406 e. The molecular weight excluding hydrogens is 415 g/mol. The first-order valence-electron chi connectivity index (χ1n) is 9.23. The summed E-state index contributed by atoms with van der Waals surface area (Å²) >= 11 is 0. The van der Waals surface area contributed by atoms with Gasteiger partial charge in [-0.05, 0) is 25.1 Å². The fourth-order valence-electron chi connectivity index (χ4n) is 3.50. The molecule has 1 atom stereocenters. The molecule has 4 rings (SSSR count). The summed E-state index contributed by atoms with van der Waals surface area (Å²) in [4.78, 5) is 27.0. The third-order valence-corrected chi connectivity index (χ3v) is 4.91. The molecular formula is C20H18F3N5O3. The van der Waals surface area contributed by atoms with Crippen LogP contribution in [-0.4, -0.2) is 45.8 Å². The molecule has 0 N–H and O–H groups in total. The molecule has 0 spiro atoms. The zero-order valence-electron chi connectivity index (χ0n) is 16.8. The SMILES string of the molecule is COc1cc(-c2ccc3c(n2)C(C)N(c2cn(CC(F)(F)F)cn2)C3=O)cnc1OC. The summed E-state index contributed by atoms with van der Waals surface area (Å²) in [6, 6.07) is 4.53. The van der Waals surface area contributed by atoms with Crippen LogP contribution in [0.4, 0.5) is 19.0 Å². The number of fused-ring (bicyclic) bond motifs is 1. The number of hydrogen-bond donors (Lipinski definition) is 0. The van der Waals surface area contributed by atoms with Gasteiger partial charge in [0.1, 0.15) is 6.54 Å². The second-order valence-corrected chi connectivity index (χ2v) is 6.94. The van der Waals surface area contributed by atoms with E-state index in [1.165, 1.54) is 25.3 Å². The predicted octanol–water partition coefficient (Wildman–Crippen LogP) is 3.64. The molecule has 11 heteroatoms. The Morgan fingerprint density at radius 2 is 1.94 bits per heavy atom. The Morgan fingerprint density at radius 1 is 1.16 bits per heavy atom. The van der Waals surface area contributed by atoms with Gasteiger partial charge in [-0.15, -0.1) is 0 Å². The Labute approximate surface area is 175 Å². The van der Waals surface area contributed by atoms with Crippen molar-refractivity contribution in [2.45, 2.75) is 25.7 Å². The van der Waals surface area contributed by atoms with Crippen LogP contribution >= 0.6 is 0 Å². The average Bonchev–Trinajstić information content (AvgIpc) is 3.27. The van der Waals surface area contributed by atoms with Crippen molar-refractivity contribution in [2.75, 3.05) is 19.1 Å². The van der Waals surface area contributed by atoms with Gasteiger partial charge in [-0.3, -0.25) is 9.69 Å². The minimum absolute atomic E-state index is 0.133. The Kier molecular flexibility index (Phi) is 5.03. The summed E-state index contributed by atoms with van der Waals surface area (Å²) in [5, 5.41) is 0. The summed E-state index contributed by atoms with van der Waals surface area (Å²) < 4.78 is 49.2. The zero-order valence-corrected chi connectivity index (χ0v) is 16.8. The zero-order chi connectivity index (χ0) is 22.3. The minimum Gasteiger partial charge on any atom is -0.491 e. The number of imidazole rings is 1. The molecule has 1 amide bonds. The van der Waals surface area contributed by atoms with Gasteiger partial charge in [0, 0.05) is 18.0 Å². The van der Waals surface area contributed by atoms with E-state index >= 15 is 0 Å². The second kappa shape index (κ2) is 7.56. The van der Waals surface area contributed by atoms with Crippen molar-refractivity contribution in [2.24, 2.45) is 0 Å². The van der Waals surface area contributed by atoms with Crippen molar-refractivity contribution in [3.05, 3.63) is 48.2 Å². The summed E-state index contributed by atoms with van der Waals surface area (Å²) in [5.41, 5.74) is 2.10. The maximum atomic E-state index is 12.9. The number of ether oxygens (including phenoxy) is 2. The van der Waals surface area contributed by atoms with Gasteiger partial charge in [-0.25, -0.2) is 15.0 Å². The molecule has 1 unspecified atom stereocenters. The highest BCUT2D eigenvalue weighted by Gasteiger charge is 2.38. The molecule has 162 valence electrons. The lowest BCUT2D eigenvalue weighted by atomic mass is 10.1. The van der Waals surface area contributed by atoms with Crippen LogP contribution in [0.15, 0.2) is 36.9 Å². The highest BCUT2D eigenvalue weighted by Crippen LogP contribution is 2.37. The first-order chi connectivity index (χ1) is 14.7. The standard InChI is InChI=1S/C20H18F3N5O3/c1-11-17-13(19(29)28(11)16-8-27(10-25-16)9-20(21,22)23)4-5-14(26-17)12-6-15(30-2)18(31-3)24-7-12/h4-8,10-11H,9H2,1-3H3. The van der Waals surface area contributed by atoms with Gasteiger partial charge in [0.2, 0.25) is 0 Å². The van der Waals surface area contributed by atoms with Crippen LogP contribution in [0.1, 0.15) is 29.0 Å². The van der Waals surface area contributed by atoms with E-state index in [9.17, 15) is 18.0 Å².